The Morgan fingerprint density at radius 1 is 1.43 bits per heavy atom. The summed E-state index contributed by atoms with van der Waals surface area (Å²) >= 11 is 0. The molecule has 0 saturated carbocycles. The van der Waals surface area contributed by atoms with Gasteiger partial charge < -0.3 is 16.1 Å². The van der Waals surface area contributed by atoms with Crippen molar-refractivity contribution in [2.45, 2.75) is 6.92 Å². The molecule has 0 bridgehead atoms. The second-order valence-electron chi connectivity index (χ2n) is 0.519. The molecule has 0 aliphatic carbocycles. The van der Waals surface area contributed by atoms with Crippen LogP contribution in [0.25, 0.3) is 0 Å². The third-order valence-electron chi connectivity index (χ3n) is 0. The molecule has 3 radical (unpaired) electrons. The van der Waals surface area contributed by atoms with E-state index in [2.05, 4.69) is 0 Å². The molecule has 0 heterocycles. The minimum Gasteiger partial charge on any atom is -0.481 e. The fraction of sp³-hybridized carbons (Fsp3) is 0.500. The van der Waals surface area contributed by atoms with E-state index in [-0.39, 0.29) is 28.3 Å². The summed E-state index contributed by atoms with van der Waals surface area (Å²) in [6.07, 6.45) is 0. The van der Waals surface area contributed by atoms with Crippen LogP contribution in [0.3, 0.4) is 0 Å². The molecular formula is C2H8AlO4. The van der Waals surface area contributed by atoms with Crippen molar-refractivity contribution < 1.29 is 20.9 Å². The largest absolute Gasteiger partial charge is 0.481 e. The molecule has 0 atom stereocenters. The Labute approximate surface area is 51.9 Å². The van der Waals surface area contributed by atoms with Crippen LogP contribution in [0, 0.1) is 0 Å². The maximum atomic E-state index is 9.00. The van der Waals surface area contributed by atoms with Gasteiger partial charge in [-0.2, -0.15) is 0 Å². The van der Waals surface area contributed by atoms with Gasteiger partial charge in [-0.15, -0.1) is 0 Å². The van der Waals surface area contributed by atoms with Crippen molar-refractivity contribution in [2.75, 3.05) is 0 Å². The Bertz CT molecular complexity index is 32.7. The molecule has 0 amide bonds. The minimum atomic E-state index is -0.833. The molecule has 0 aromatic heterocycles. The van der Waals surface area contributed by atoms with Gasteiger partial charge in [-0.25, -0.2) is 0 Å². The summed E-state index contributed by atoms with van der Waals surface area (Å²) in [4.78, 5) is 9.00. The first-order valence-corrected chi connectivity index (χ1v) is 0.928. The predicted octanol–water partition coefficient (Wildman–Crippen LogP) is -1.94. The zero-order valence-electron chi connectivity index (χ0n) is 3.93. The first-order valence-electron chi connectivity index (χ1n) is 0.928. The fourth-order valence-electron chi connectivity index (χ4n) is 0. The summed E-state index contributed by atoms with van der Waals surface area (Å²) in [6, 6.07) is 0. The van der Waals surface area contributed by atoms with E-state index in [1.165, 1.54) is 0 Å². The zero-order chi connectivity index (χ0) is 3.58. The van der Waals surface area contributed by atoms with Crippen LogP contribution in [-0.4, -0.2) is 39.4 Å². The molecule has 0 fully saturated rings. The molecule has 0 aromatic carbocycles. The van der Waals surface area contributed by atoms with Gasteiger partial charge in [-0.05, 0) is 0 Å². The smallest absolute Gasteiger partial charge is 0.300 e. The lowest BCUT2D eigenvalue weighted by Gasteiger charge is -1.59. The molecule has 5 heteroatoms. The van der Waals surface area contributed by atoms with E-state index >= 15 is 0 Å². The Balaban J connectivity index is -0.0000000150. The van der Waals surface area contributed by atoms with E-state index in [1.807, 2.05) is 0 Å². The summed E-state index contributed by atoms with van der Waals surface area (Å²) in [5.74, 6) is -0.833. The van der Waals surface area contributed by atoms with Crippen molar-refractivity contribution in [3.8, 4) is 0 Å². The van der Waals surface area contributed by atoms with Crippen molar-refractivity contribution in [1.29, 1.82) is 0 Å². The second kappa shape index (κ2) is 16.8. The van der Waals surface area contributed by atoms with Gasteiger partial charge in [0.2, 0.25) is 0 Å². The lowest BCUT2D eigenvalue weighted by atomic mass is 10.9. The van der Waals surface area contributed by atoms with E-state index in [9.17, 15) is 0 Å². The molecule has 0 rings (SSSR count). The molecule has 0 spiro atoms. The molecule has 0 saturated heterocycles. The molecule has 43 valence electrons. The Morgan fingerprint density at radius 3 is 1.43 bits per heavy atom. The van der Waals surface area contributed by atoms with Crippen molar-refractivity contribution in [2.24, 2.45) is 0 Å². The molecule has 0 aromatic rings. The highest BCUT2D eigenvalue weighted by molar-refractivity contribution is 5.75. The number of carbonyl (C=O) groups is 1. The summed E-state index contributed by atoms with van der Waals surface area (Å²) in [5, 5.41) is 7.42. The van der Waals surface area contributed by atoms with E-state index in [1.54, 1.807) is 0 Å². The Kier molecular flexibility index (Phi) is 68.2. The van der Waals surface area contributed by atoms with Gasteiger partial charge in [0, 0.05) is 24.3 Å². The summed E-state index contributed by atoms with van der Waals surface area (Å²) in [5.41, 5.74) is 0. The van der Waals surface area contributed by atoms with Gasteiger partial charge in [0.1, 0.15) is 0 Å². The maximum absolute atomic E-state index is 9.00. The average Bonchev–Trinajstić information content (AvgIpc) is 0.811. The molecular weight excluding hydrogens is 115 g/mol. The fourth-order valence-corrected chi connectivity index (χ4v) is 0. The average molecular weight is 123 g/mol. The second-order valence-corrected chi connectivity index (χ2v) is 0.519. The van der Waals surface area contributed by atoms with E-state index in [0.717, 1.165) is 6.92 Å². The highest BCUT2D eigenvalue weighted by Crippen LogP contribution is 1.42. The third-order valence-corrected chi connectivity index (χ3v) is 0. The van der Waals surface area contributed by atoms with Gasteiger partial charge in [0.05, 0.1) is 0 Å². The zero-order valence-corrected chi connectivity index (χ0v) is 5.09. The lowest BCUT2D eigenvalue weighted by Crippen LogP contribution is -1.78. The highest BCUT2D eigenvalue weighted by Gasteiger charge is 1.65. The first kappa shape index (κ1) is 28.4. The lowest BCUT2D eigenvalue weighted by molar-refractivity contribution is -0.134. The van der Waals surface area contributed by atoms with Gasteiger partial charge in [0.25, 0.3) is 5.97 Å². The van der Waals surface area contributed by atoms with E-state index in [4.69, 9.17) is 9.90 Å². The van der Waals surface area contributed by atoms with Gasteiger partial charge >= 0.3 is 0 Å². The van der Waals surface area contributed by atoms with Crippen LogP contribution >= 0.6 is 0 Å². The quantitative estimate of drug-likeness (QED) is 0.379. The molecule has 5 N–H and O–H groups in total. The van der Waals surface area contributed by atoms with Crippen LogP contribution in [0.4, 0.5) is 0 Å². The normalized spacial score (nSPS) is 3.57. The minimum absolute atomic E-state index is 0. The molecule has 7 heavy (non-hydrogen) atoms. The molecule has 0 aliphatic heterocycles. The van der Waals surface area contributed by atoms with Crippen LogP contribution in [0.1, 0.15) is 6.92 Å². The topological polar surface area (TPSA) is 100 Å². The first-order chi connectivity index (χ1) is 1.73. The van der Waals surface area contributed by atoms with Gasteiger partial charge in [-0.3, -0.25) is 4.79 Å². The number of rotatable bonds is 0. The summed E-state index contributed by atoms with van der Waals surface area (Å²) in [6.45, 7) is 1.08. The molecule has 4 nitrogen and oxygen atoms in total. The summed E-state index contributed by atoms with van der Waals surface area (Å²) < 4.78 is 0. The number of carboxylic acids is 1. The van der Waals surface area contributed by atoms with Crippen LogP contribution in [0.15, 0.2) is 0 Å². The van der Waals surface area contributed by atoms with Crippen LogP contribution in [0.2, 0.25) is 0 Å². The van der Waals surface area contributed by atoms with Crippen molar-refractivity contribution in [1.82, 2.24) is 0 Å². The SMILES string of the molecule is CC(=O)O.O.O.[Al]. The molecule has 0 unspecified atom stereocenters. The van der Waals surface area contributed by atoms with Crippen molar-refractivity contribution >= 4 is 23.3 Å². The third kappa shape index (κ3) is 15200. The Morgan fingerprint density at radius 2 is 1.43 bits per heavy atom. The predicted molar refractivity (Wildman–Crippen MR) is 26.3 cm³/mol. The van der Waals surface area contributed by atoms with Crippen molar-refractivity contribution in [3.05, 3.63) is 0 Å². The number of aliphatic carboxylic acids is 1. The standard InChI is InChI=1S/C2H4O2.Al.2H2O/c1-2(3)4;;;/h1H3,(H,3,4);;2*1H2. The maximum Gasteiger partial charge on any atom is 0.300 e. The number of hydrogen-bond acceptors (Lipinski definition) is 1. The van der Waals surface area contributed by atoms with Crippen LogP contribution < -0.4 is 0 Å². The summed E-state index contributed by atoms with van der Waals surface area (Å²) in [7, 11) is 0. The van der Waals surface area contributed by atoms with Crippen LogP contribution in [0.5, 0.6) is 0 Å². The van der Waals surface area contributed by atoms with Gasteiger partial charge in [0.15, 0.2) is 0 Å². The number of hydrogen-bond donors (Lipinski definition) is 1. The van der Waals surface area contributed by atoms with E-state index in [0.29, 0.717) is 0 Å². The van der Waals surface area contributed by atoms with Gasteiger partial charge in [-0.1, -0.05) is 0 Å². The Hall–Kier alpha value is -0.0775. The highest BCUT2D eigenvalue weighted by atomic mass is 27.0. The van der Waals surface area contributed by atoms with Crippen molar-refractivity contribution in [3.63, 3.8) is 0 Å². The van der Waals surface area contributed by atoms with Crippen LogP contribution in [-0.2, 0) is 4.79 Å². The monoisotopic (exact) mass is 123 g/mol. The number of carboxylic acid groups (broad SMARTS) is 1. The molecule has 0 aliphatic rings. The van der Waals surface area contributed by atoms with E-state index < -0.39 is 5.97 Å².